The molecule has 104 valence electrons. The fourth-order valence-electron chi connectivity index (χ4n) is 2.52. The molecule has 0 saturated heterocycles. The van der Waals surface area contributed by atoms with Crippen molar-refractivity contribution in [2.45, 2.75) is 19.4 Å². The molecule has 2 nitrogen and oxygen atoms in total. The molecule has 0 aliphatic carbocycles. The van der Waals surface area contributed by atoms with Gasteiger partial charge in [0.25, 0.3) is 0 Å². The molecule has 0 aromatic heterocycles. The lowest BCUT2D eigenvalue weighted by molar-refractivity contribution is 0.213. The van der Waals surface area contributed by atoms with E-state index in [1.807, 2.05) is 25.1 Å². The van der Waals surface area contributed by atoms with Crippen molar-refractivity contribution < 1.29 is 9.84 Å². The van der Waals surface area contributed by atoms with Gasteiger partial charge in [-0.3, -0.25) is 0 Å². The first kappa shape index (κ1) is 13.7. The van der Waals surface area contributed by atoms with Crippen LogP contribution >= 0.6 is 23.2 Å². The zero-order chi connectivity index (χ0) is 14.3. The summed E-state index contributed by atoms with van der Waals surface area (Å²) >= 11 is 12.2. The number of halogens is 2. The number of aliphatic hydroxyl groups excluding tert-OH is 1. The van der Waals surface area contributed by atoms with Gasteiger partial charge in [0, 0.05) is 22.0 Å². The fraction of sp³-hybridized carbons (Fsp3) is 0.250. The number of benzene rings is 2. The van der Waals surface area contributed by atoms with Gasteiger partial charge in [-0.1, -0.05) is 35.3 Å². The van der Waals surface area contributed by atoms with Crippen LogP contribution in [-0.4, -0.2) is 11.7 Å². The number of hydrogen-bond donors (Lipinski definition) is 1. The number of hydrogen-bond acceptors (Lipinski definition) is 2. The molecule has 1 N–H and O–H groups in total. The standard InChI is InChI=1S/C16H14Cl2O2/c1-9-6-10(2-3-14(9)18)15(19)13-8-12(17)7-11-4-5-20-16(11)13/h2-3,6-8,15,19H,4-5H2,1H3. The average molecular weight is 309 g/mol. The van der Waals surface area contributed by atoms with Crippen molar-refractivity contribution in [3.63, 3.8) is 0 Å². The van der Waals surface area contributed by atoms with Crippen LogP contribution in [0.25, 0.3) is 0 Å². The van der Waals surface area contributed by atoms with Gasteiger partial charge in [-0.25, -0.2) is 0 Å². The van der Waals surface area contributed by atoms with E-state index in [1.165, 1.54) is 0 Å². The first-order chi connectivity index (χ1) is 9.56. The predicted molar refractivity (Wildman–Crippen MR) is 80.9 cm³/mol. The second kappa shape index (κ2) is 5.28. The summed E-state index contributed by atoms with van der Waals surface area (Å²) < 4.78 is 5.64. The Kier molecular flexibility index (Phi) is 3.63. The van der Waals surface area contributed by atoms with Crippen LogP contribution in [-0.2, 0) is 6.42 Å². The van der Waals surface area contributed by atoms with E-state index in [9.17, 15) is 5.11 Å². The summed E-state index contributed by atoms with van der Waals surface area (Å²) in [5.74, 6) is 0.759. The molecule has 0 saturated carbocycles. The number of fused-ring (bicyclic) bond motifs is 1. The summed E-state index contributed by atoms with van der Waals surface area (Å²) in [5.41, 5.74) is 3.48. The van der Waals surface area contributed by atoms with Crippen LogP contribution in [0, 0.1) is 6.92 Å². The maximum atomic E-state index is 10.6. The molecule has 1 aliphatic rings. The number of rotatable bonds is 2. The summed E-state index contributed by atoms with van der Waals surface area (Å²) in [7, 11) is 0. The molecule has 2 aromatic rings. The Morgan fingerprint density at radius 1 is 1.20 bits per heavy atom. The lowest BCUT2D eigenvalue weighted by Crippen LogP contribution is -2.03. The molecule has 0 spiro atoms. The van der Waals surface area contributed by atoms with Crippen molar-refractivity contribution >= 4 is 23.2 Å². The normalized spacial score (nSPS) is 14.8. The molecule has 1 atom stereocenters. The molecule has 2 aromatic carbocycles. The average Bonchev–Trinajstić information content (AvgIpc) is 2.88. The van der Waals surface area contributed by atoms with Gasteiger partial charge in [-0.15, -0.1) is 0 Å². The van der Waals surface area contributed by atoms with Crippen molar-refractivity contribution in [1.29, 1.82) is 0 Å². The van der Waals surface area contributed by atoms with Gasteiger partial charge in [-0.2, -0.15) is 0 Å². The fourth-order valence-corrected chi connectivity index (χ4v) is 2.89. The third kappa shape index (κ3) is 2.39. The molecule has 4 heteroatoms. The van der Waals surface area contributed by atoms with Crippen LogP contribution in [0.15, 0.2) is 30.3 Å². The van der Waals surface area contributed by atoms with Crippen LogP contribution in [0.4, 0.5) is 0 Å². The molecule has 1 aliphatic heterocycles. The highest BCUT2D eigenvalue weighted by molar-refractivity contribution is 6.31. The molecule has 0 fully saturated rings. The molecule has 20 heavy (non-hydrogen) atoms. The Bertz CT molecular complexity index is 668. The van der Waals surface area contributed by atoms with Gasteiger partial charge in [-0.05, 0) is 41.8 Å². The van der Waals surface area contributed by atoms with Crippen molar-refractivity contribution in [3.05, 3.63) is 62.6 Å². The van der Waals surface area contributed by atoms with Crippen LogP contribution in [0.5, 0.6) is 5.75 Å². The van der Waals surface area contributed by atoms with E-state index in [0.717, 1.165) is 28.9 Å². The topological polar surface area (TPSA) is 29.5 Å². The van der Waals surface area contributed by atoms with Crippen LogP contribution in [0.1, 0.15) is 28.4 Å². The minimum absolute atomic E-state index is 0.619. The first-order valence-electron chi connectivity index (χ1n) is 6.45. The molecule has 3 rings (SSSR count). The molecule has 1 unspecified atom stereocenters. The summed E-state index contributed by atoms with van der Waals surface area (Å²) in [4.78, 5) is 0. The molecular formula is C16H14Cl2O2. The minimum Gasteiger partial charge on any atom is -0.493 e. The van der Waals surface area contributed by atoms with Crippen molar-refractivity contribution in [3.8, 4) is 5.75 Å². The third-order valence-corrected chi connectivity index (χ3v) is 4.21. The zero-order valence-corrected chi connectivity index (χ0v) is 12.5. The van der Waals surface area contributed by atoms with Crippen molar-refractivity contribution in [1.82, 2.24) is 0 Å². The Balaban J connectivity index is 2.06. The maximum absolute atomic E-state index is 10.6. The van der Waals surface area contributed by atoms with E-state index in [1.54, 1.807) is 12.1 Å². The number of aryl methyl sites for hydroxylation is 1. The largest absolute Gasteiger partial charge is 0.493 e. The SMILES string of the molecule is Cc1cc(C(O)c2cc(Cl)cc3c2OCC3)ccc1Cl. The second-order valence-corrected chi connectivity index (χ2v) is 5.84. The van der Waals surface area contributed by atoms with Gasteiger partial charge in [0.2, 0.25) is 0 Å². The summed E-state index contributed by atoms with van der Waals surface area (Å²) in [6, 6.07) is 9.16. The highest BCUT2D eigenvalue weighted by Gasteiger charge is 2.23. The van der Waals surface area contributed by atoms with E-state index >= 15 is 0 Å². The van der Waals surface area contributed by atoms with Crippen LogP contribution in [0.2, 0.25) is 10.0 Å². The minimum atomic E-state index is -0.767. The predicted octanol–water partition coefficient (Wildman–Crippen LogP) is 4.32. The van der Waals surface area contributed by atoms with Gasteiger partial charge >= 0.3 is 0 Å². The monoisotopic (exact) mass is 308 g/mol. The second-order valence-electron chi connectivity index (χ2n) is 4.99. The Hall–Kier alpha value is -1.22. The van der Waals surface area contributed by atoms with Crippen LogP contribution in [0.3, 0.4) is 0 Å². The van der Waals surface area contributed by atoms with Gasteiger partial charge < -0.3 is 9.84 Å². The van der Waals surface area contributed by atoms with E-state index in [2.05, 4.69) is 0 Å². The Morgan fingerprint density at radius 2 is 2.00 bits per heavy atom. The summed E-state index contributed by atoms with van der Waals surface area (Å²) in [6.45, 7) is 2.55. The van der Waals surface area contributed by atoms with E-state index in [0.29, 0.717) is 22.2 Å². The van der Waals surface area contributed by atoms with E-state index in [4.69, 9.17) is 27.9 Å². The third-order valence-electron chi connectivity index (χ3n) is 3.57. The van der Waals surface area contributed by atoms with Gasteiger partial charge in [0.15, 0.2) is 0 Å². The summed E-state index contributed by atoms with van der Waals surface area (Å²) in [5, 5.41) is 11.9. The highest BCUT2D eigenvalue weighted by atomic mass is 35.5. The Morgan fingerprint density at radius 3 is 2.75 bits per heavy atom. The summed E-state index contributed by atoms with van der Waals surface area (Å²) in [6.07, 6.45) is 0.0615. The number of aliphatic hydroxyl groups is 1. The molecule has 0 amide bonds. The Labute approximate surface area is 127 Å². The molecular weight excluding hydrogens is 295 g/mol. The first-order valence-corrected chi connectivity index (χ1v) is 7.21. The lowest BCUT2D eigenvalue weighted by atomic mass is 9.97. The quantitative estimate of drug-likeness (QED) is 0.895. The molecule has 0 radical (unpaired) electrons. The molecule has 1 heterocycles. The number of ether oxygens (including phenoxy) is 1. The zero-order valence-electron chi connectivity index (χ0n) is 11.0. The van der Waals surface area contributed by atoms with E-state index < -0.39 is 6.10 Å². The maximum Gasteiger partial charge on any atom is 0.128 e. The van der Waals surface area contributed by atoms with Gasteiger partial charge in [0.1, 0.15) is 11.9 Å². The smallest absolute Gasteiger partial charge is 0.128 e. The van der Waals surface area contributed by atoms with Gasteiger partial charge in [0.05, 0.1) is 6.61 Å². The molecule has 0 bridgehead atoms. The van der Waals surface area contributed by atoms with E-state index in [-0.39, 0.29) is 0 Å². The van der Waals surface area contributed by atoms with Crippen molar-refractivity contribution in [2.75, 3.05) is 6.61 Å². The van der Waals surface area contributed by atoms with Crippen LogP contribution < -0.4 is 4.74 Å². The van der Waals surface area contributed by atoms with Crippen molar-refractivity contribution in [2.24, 2.45) is 0 Å². The lowest BCUT2D eigenvalue weighted by Gasteiger charge is -2.16. The highest BCUT2D eigenvalue weighted by Crippen LogP contribution is 2.39.